The molecule has 0 heterocycles. The molecule has 0 saturated carbocycles. The van der Waals surface area contributed by atoms with Crippen LogP contribution in [0.5, 0.6) is 0 Å². The zero-order chi connectivity index (χ0) is 12.2. The normalized spacial score (nSPS) is 22.2. The third-order valence-corrected chi connectivity index (χ3v) is 2.06. The number of hydrogen-bond donors (Lipinski definition) is 0. The number of rotatable bonds is 6. The number of halogens is 2. The number of hydrogen-bond acceptors (Lipinski definition) is 0. The monoisotopic (exact) mass is 184 g/mol. The van der Waals surface area contributed by atoms with E-state index in [9.17, 15) is 8.71 Å². The van der Waals surface area contributed by atoms with Crippen molar-refractivity contribution >= 4 is 30.5 Å². The molecule has 68 valence electrons. The van der Waals surface area contributed by atoms with Crippen LogP contribution in [0.3, 0.4) is 0 Å². The van der Waals surface area contributed by atoms with Gasteiger partial charge in [0.25, 0.3) is 0 Å². The lowest BCUT2D eigenvalue weighted by molar-refractivity contribution is 0.513. The van der Waals surface area contributed by atoms with Crippen LogP contribution in [0.2, 0.25) is 11.5 Å². The first-order valence-electron chi connectivity index (χ1n) is 5.56. The minimum absolute atomic E-state index is 0.265. The first kappa shape index (κ1) is 9.67. The van der Waals surface area contributed by atoms with E-state index in [0.29, 0.717) is 6.42 Å². The molecule has 0 aromatic carbocycles. The molecule has 4 radical (unpaired) electrons. The topological polar surface area (TPSA) is 0 Å². The summed E-state index contributed by atoms with van der Waals surface area (Å²) in [5.74, 6) is -2.26. The molecule has 0 rings (SSSR count). The Balaban J connectivity index is 4.11. The Morgan fingerprint density at radius 1 is 1.46 bits per heavy atom. The molecule has 0 saturated heterocycles. The maximum Gasteiger partial charge on any atom is 0.326 e. The molecule has 0 aliphatic heterocycles. The zero-order valence-corrected chi connectivity index (χ0v) is 8.08. The van der Waals surface area contributed by atoms with Gasteiger partial charge < -0.3 is 4.32 Å². The van der Waals surface area contributed by atoms with E-state index in [1.54, 1.807) is 13.8 Å². The van der Waals surface area contributed by atoms with Gasteiger partial charge in [-0.1, -0.05) is 37.7 Å². The van der Waals surface area contributed by atoms with Gasteiger partial charge in [-0.05, 0) is 1.34 Å². The molecule has 0 nitrogen and oxygen atoms in total. The third kappa shape index (κ3) is 6.23. The SMILES string of the molecule is [3H]B(C([B])F)C(C)CC(C)C([B])B([3H])F. The van der Waals surface area contributed by atoms with Crippen LogP contribution >= 0.6 is 0 Å². The van der Waals surface area contributed by atoms with Crippen LogP contribution in [0.4, 0.5) is 8.71 Å². The Labute approximate surface area is 86.3 Å². The van der Waals surface area contributed by atoms with Crippen molar-refractivity contribution in [2.24, 2.45) is 5.92 Å². The largest absolute Gasteiger partial charge is 0.342 e. The lowest BCUT2D eigenvalue weighted by atomic mass is 9.51. The van der Waals surface area contributed by atoms with Crippen molar-refractivity contribution in [2.45, 2.75) is 37.8 Å². The fourth-order valence-electron chi connectivity index (χ4n) is 1.26. The van der Waals surface area contributed by atoms with Crippen LogP contribution in [0.25, 0.3) is 0 Å². The predicted octanol–water partition coefficient (Wildman–Crippen LogP) is 0.915. The van der Waals surface area contributed by atoms with Crippen molar-refractivity contribution in [3.63, 3.8) is 0 Å². The molecule has 4 unspecified atom stereocenters. The molecule has 0 bridgehead atoms. The maximum absolute atomic E-state index is 12.6. The van der Waals surface area contributed by atoms with Crippen LogP contribution < -0.4 is 0 Å². The van der Waals surface area contributed by atoms with Crippen molar-refractivity contribution in [3.05, 3.63) is 0 Å². The van der Waals surface area contributed by atoms with E-state index < -0.39 is 26.4 Å². The van der Waals surface area contributed by atoms with Crippen LogP contribution in [0, 0.1) is 5.92 Å². The second-order valence-corrected chi connectivity index (χ2v) is 3.53. The van der Waals surface area contributed by atoms with Gasteiger partial charge in [0.2, 0.25) is 0 Å². The van der Waals surface area contributed by atoms with E-state index in [-0.39, 0.29) is 11.7 Å². The van der Waals surface area contributed by atoms with E-state index in [1.807, 2.05) is 0 Å². The molecule has 0 aliphatic carbocycles. The van der Waals surface area contributed by atoms with Crippen LogP contribution in [0.1, 0.15) is 20.3 Å². The van der Waals surface area contributed by atoms with Crippen LogP contribution in [0.15, 0.2) is 0 Å². The van der Waals surface area contributed by atoms with Gasteiger partial charge in [0.15, 0.2) is 7.24 Å². The average molecular weight is 183 g/mol. The molecule has 0 aliphatic rings. The standard InChI is InChI=1S/C7H14B4F2/c1-4(6(8)11-13)3-5(2)10-7(9)12/h4-7,10-11H,3H2,1-2H3/i10T,11T. The van der Waals surface area contributed by atoms with Crippen molar-refractivity contribution in [2.75, 3.05) is 0 Å². The maximum atomic E-state index is 12.6. The molecular weight excluding hydrogens is 165 g/mol. The van der Waals surface area contributed by atoms with E-state index in [4.69, 9.17) is 18.4 Å². The average Bonchev–Trinajstić information content (AvgIpc) is 2.14. The molecular formula is C7H14B4F2. The first-order valence-corrected chi connectivity index (χ1v) is 4.41. The van der Waals surface area contributed by atoms with Gasteiger partial charge in [0, 0.05) is 7.31 Å². The van der Waals surface area contributed by atoms with Gasteiger partial charge in [-0.3, -0.25) is 4.39 Å². The van der Waals surface area contributed by atoms with Crippen molar-refractivity contribution in [3.8, 4) is 0 Å². The van der Waals surface area contributed by atoms with Crippen molar-refractivity contribution < 1.29 is 8.71 Å². The van der Waals surface area contributed by atoms with Crippen molar-refractivity contribution in [1.82, 2.24) is 0 Å². The third-order valence-electron chi connectivity index (χ3n) is 2.06. The van der Waals surface area contributed by atoms with Gasteiger partial charge in [0.1, 0.15) is 7.85 Å². The Kier molecular flexibility index (Phi) is 4.87. The lowest BCUT2D eigenvalue weighted by Crippen LogP contribution is -2.19. The Morgan fingerprint density at radius 2 is 2.00 bits per heavy atom. The highest BCUT2D eigenvalue weighted by molar-refractivity contribution is 6.51. The molecule has 6 heteroatoms. The minimum Gasteiger partial charge on any atom is -0.342 e. The smallest absolute Gasteiger partial charge is 0.326 e. The van der Waals surface area contributed by atoms with E-state index in [0.717, 1.165) is 0 Å². The fourth-order valence-corrected chi connectivity index (χ4v) is 1.26. The van der Waals surface area contributed by atoms with Gasteiger partial charge in [-0.25, -0.2) is 0 Å². The van der Waals surface area contributed by atoms with E-state index in [1.165, 1.54) is 0 Å². The highest BCUT2D eigenvalue weighted by atomic mass is 19.1. The van der Waals surface area contributed by atoms with E-state index in [2.05, 4.69) is 0 Å². The summed E-state index contributed by atoms with van der Waals surface area (Å²) in [5, 5.41) is 0. The summed E-state index contributed by atoms with van der Waals surface area (Å²) in [7, 11) is 7.53. The predicted molar refractivity (Wildman–Crippen MR) is 58.8 cm³/mol. The van der Waals surface area contributed by atoms with Crippen molar-refractivity contribution in [1.29, 1.82) is 2.67 Å². The summed E-state index contributed by atoms with van der Waals surface area (Å²) >= 11 is 0. The van der Waals surface area contributed by atoms with Gasteiger partial charge in [0.05, 0.1) is 7.85 Å². The Morgan fingerprint density at radius 3 is 2.38 bits per heavy atom. The summed E-state index contributed by atoms with van der Waals surface area (Å²) in [4.78, 5) is 0. The Bertz CT molecular complexity index is 166. The summed E-state index contributed by atoms with van der Waals surface area (Å²) in [6.07, 6.45) is 0.395. The number of alkyl halides is 1. The summed E-state index contributed by atoms with van der Waals surface area (Å²) in [6, 6.07) is 0. The highest BCUT2D eigenvalue weighted by Crippen LogP contribution is 2.24. The second kappa shape index (κ2) is 6.56. The zero-order valence-electron chi connectivity index (χ0n) is 10.1. The first-order chi connectivity index (χ1) is 6.77. The van der Waals surface area contributed by atoms with Gasteiger partial charge in [-0.2, -0.15) is 0 Å². The van der Waals surface area contributed by atoms with Gasteiger partial charge >= 0.3 is 7.52 Å². The molecule has 0 fully saturated rings. The molecule has 0 N–H and O–H groups in total. The summed E-state index contributed by atoms with van der Waals surface area (Å²) in [5.41, 5.74) is -0.893. The Hall–Kier alpha value is 0.120. The summed E-state index contributed by atoms with van der Waals surface area (Å²) in [6.45, 7) is 3.37. The fraction of sp³-hybridized carbons (Fsp3) is 1.00. The minimum atomic E-state index is -1.84. The molecule has 13 heavy (non-hydrogen) atoms. The molecule has 0 aromatic heterocycles. The molecule has 0 amide bonds. The molecule has 0 aromatic rings. The van der Waals surface area contributed by atoms with Crippen LogP contribution in [-0.4, -0.2) is 39.1 Å². The van der Waals surface area contributed by atoms with E-state index >= 15 is 0 Å². The quantitative estimate of drug-likeness (QED) is 0.537. The van der Waals surface area contributed by atoms with Gasteiger partial charge in [-0.15, -0.1) is 0 Å². The van der Waals surface area contributed by atoms with Crippen LogP contribution in [-0.2, 0) is 0 Å². The molecule has 4 atom stereocenters. The highest BCUT2D eigenvalue weighted by Gasteiger charge is 2.18. The summed E-state index contributed by atoms with van der Waals surface area (Å²) < 4.78 is 39.4. The second-order valence-electron chi connectivity index (χ2n) is 3.53. The lowest BCUT2D eigenvalue weighted by Gasteiger charge is -2.20. The molecule has 0 spiro atoms.